The lowest BCUT2D eigenvalue weighted by Crippen LogP contribution is -2.18. The molecule has 1 atom stereocenters. The van der Waals surface area contributed by atoms with Crippen molar-refractivity contribution < 1.29 is 9.31 Å². The second-order valence-electron chi connectivity index (χ2n) is 4.73. The molecule has 1 aromatic rings. The molecule has 0 amide bonds. The van der Waals surface area contributed by atoms with Crippen LogP contribution in [0.5, 0.6) is 0 Å². The van der Waals surface area contributed by atoms with Crippen molar-refractivity contribution in [3.63, 3.8) is 0 Å². The Labute approximate surface area is 107 Å². The molecular weight excluding hydrogens is 231 g/mol. The number of allylic oxidation sites excluding steroid dienone is 1. The highest BCUT2D eigenvalue weighted by atomic mass is 32.1. The Morgan fingerprint density at radius 1 is 1.41 bits per heavy atom. The monoisotopic (exact) mass is 248 g/mol. The third-order valence-corrected chi connectivity index (χ3v) is 4.40. The molecule has 1 unspecified atom stereocenters. The SMILES string of the molecule is C(=C1\CCCC1CB1OCCO1)/c1cccs1. The van der Waals surface area contributed by atoms with Gasteiger partial charge in [0.05, 0.1) is 13.2 Å². The lowest BCUT2D eigenvalue weighted by atomic mass is 9.75. The summed E-state index contributed by atoms with van der Waals surface area (Å²) in [6.45, 7) is 1.53. The van der Waals surface area contributed by atoms with E-state index >= 15 is 0 Å². The van der Waals surface area contributed by atoms with Gasteiger partial charge in [-0.15, -0.1) is 11.3 Å². The molecule has 1 aliphatic heterocycles. The van der Waals surface area contributed by atoms with E-state index in [1.54, 1.807) is 5.57 Å². The van der Waals surface area contributed by atoms with Crippen LogP contribution in [0.1, 0.15) is 24.1 Å². The first-order valence-corrected chi connectivity index (χ1v) is 7.27. The van der Waals surface area contributed by atoms with Crippen LogP contribution in [0, 0.1) is 5.92 Å². The van der Waals surface area contributed by atoms with Crippen LogP contribution >= 0.6 is 11.3 Å². The van der Waals surface area contributed by atoms with Crippen molar-refractivity contribution in [2.45, 2.75) is 25.6 Å². The highest BCUT2D eigenvalue weighted by molar-refractivity contribution is 7.10. The average Bonchev–Trinajstić information content (AvgIpc) is 3.04. The fraction of sp³-hybridized carbons (Fsp3) is 0.538. The Hall–Kier alpha value is -0.575. The molecular formula is C13H17BO2S. The van der Waals surface area contributed by atoms with Gasteiger partial charge in [-0.05, 0) is 49.0 Å². The number of rotatable bonds is 3. The second kappa shape index (κ2) is 5.38. The summed E-state index contributed by atoms with van der Waals surface area (Å²) in [7, 11) is 0.0461. The van der Waals surface area contributed by atoms with Gasteiger partial charge in [0.2, 0.25) is 0 Å². The van der Waals surface area contributed by atoms with Crippen molar-refractivity contribution in [2.24, 2.45) is 5.92 Å². The zero-order valence-corrected chi connectivity index (χ0v) is 10.7. The Morgan fingerprint density at radius 2 is 2.29 bits per heavy atom. The van der Waals surface area contributed by atoms with Gasteiger partial charge in [0.15, 0.2) is 0 Å². The lowest BCUT2D eigenvalue weighted by molar-refractivity contribution is 0.365. The summed E-state index contributed by atoms with van der Waals surface area (Å²) in [4.78, 5) is 1.38. The minimum atomic E-state index is 0.0461. The van der Waals surface area contributed by atoms with Crippen molar-refractivity contribution in [3.05, 3.63) is 28.0 Å². The van der Waals surface area contributed by atoms with Gasteiger partial charge in [0, 0.05) is 4.88 Å². The van der Waals surface area contributed by atoms with E-state index in [0.29, 0.717) is 5.92 Å². The third-order valence-electron chi connectivity index (χ3n) is 3.58. The molecule has 0 radical (unpaired) electrons. The zero-order valence-electron chi connectivity index (χ0n) is 9.93. The number of thiophene rings is 1. The van der Waals surface area contributed by atoms with Crippen LogP contribution in [0.2, 0.25) is 6.32 Å². The molecule has 0 N–H and O–H groups in total. The first kappa shape index (κ1) is 11.5. The zero-order chi connectivity index (χ0) is 11.5. The van der Waals surface area contributed by atoms with Gasteiger partial charge in [-0.3, -0.25) is 0 Å². The molecule has 2 aliphatic rings. The molecule has 2 fully saturated rings. The minimum absolute atomic E-state index is 0.0461. The van der Waals surface area contributed by atoms with Crippen molar-refractivity contribution in [2.75, 3.05) is 13.2 Å². The first-order chi connectivity index (χ1) is 8.42. The van der Waals surface area contributed by atoms with Gasteiger partial charge in [0.25, 0.3) is 0 Å². The fourth-order valence-electron chi connectivity index (χ4n) is 2.73. The Morgan fingerprint density at radius 3 is 3.06 bits per heavy atom. The van der Waals surface area contributed by atoms with Crippen LogP contribution in [0.3, 0.4) is 0 Å². The summed E-state index contributed by atoms with van der Waals surface area (Å²) in [6, 6.07) is 4.31. The van der Waals surface area contributed by atoms with Gasteiger partial charge in [-0.1, -0.05) is 11.6 Å². The van der Waals surface area contributed by atoms with Crippen LogP contribution < -0.4 is 0 Å². The smallest absolute Gasteiger partial charge is 0.409 e. The average molecular weight is 248 g/mol. The largest absolute Gasteiger partial charge is 0.457 e. The van der Waals surface area contributed by atoms with E-state index in [2.05, 4.69) is 23.6 Å². The molecule has 1 saturated carbocycles. The van der Waals surface area contributed by atoms with Gasteiger partial charge in [0.1, 0.15) is 0 Å². The van der Waals surface area contributed by atoms with Crippen molar-refractivity contribution in [3.8, 4) is 0 Å². The van der Waals surface area contributed by atoms with E-state index in [0.717, 1.165) is 19.5 Å². The van der Waals surface area contributed by atoms with E-state index in [4.69, 9.17) is 9.31 Å². The highest BCUT2D eigenvalue weighted by Crippen LogP contribution is 2.37. The quantitative estimate of drug-likeness (QED) is 0.762. The summed E-state index contributed by atoms with van der Waals surface area (Å²) in [6.07, 6.45) is 7.26. The molecule has 4 heteroatoms. The van der Waals surface area contributed by atoms with Crippen molar-refractivity contribution >= 4 is 24.5 Å². The van der Waals surface area contributed by atoms with Crippen LogP contribution in [-0.2, 0) is 9.31 Å². The van der Waals surface area contributed by atoms with Gasteiger partial charge < -0.3 is 9.31 Å². The molecule has 2 heterocycles. The molecule has 0 bridgehead atoms. The molecule has 1 aromatic heterocycles. The van der Waals surface area contributed by atoms with Crippen LogP contribution in [0.25, 0.3) is 6.08 Å². The maximum Gasteiger partial charge on any atom is 0.457 e. The third kappa shape index (κ3) is 2.82. The minimum Gasteiger partial charge on any atom is -0.409 e. The van der Waals surface area contributed by atoms with Gasteiger partial charge >= 0.3 is 7.12 Å². The lowest BCUT2D eigenvalue weighted by Gasteiger charge is -2.13. The second-order valence-corrected chi connectivity index (χ2v) is 5.71. The summed E-state index contributed by atoms with van der Waals surface area (Å²) in [5.41, 5.74) is 1.59. The van der Waals surface area contributed by atoms with Gasteiger partial charge in [-0.25, -0.2) is 0 Å². The topological polar surface area (TPSA) is 18.5 Å². The van der Waals surface area contributed by atoms with E-state index in [1.807, 2.05) is 11.3 Å². The number of hydrogen-bond acceptors (Lipinski definition) is 3. The maximum atomic E-state index is 5.55. The Bertz CT molecular complexity index is 382. The molecule has 3 rings (SSSR count). The normalized spacial score (nSPS) is 27.2. The molecule has 17 heavy (non-hydrogen) atoms. The van der Waals surface area contributed by atoms with E-state index in [-0.39, 0.29) is 7.12 Å². The molecule has 90 valence electrons. The van der Waals surface area contributed by atoms with E-state index < -0.39 is 0 Å². The fourth-order valence-corrected chi connectivity index (χ4v) is 3.42. The van der Waals surface area contributed by atoms with Crippen LogP contribution in [0.15, 0.2) is 23.1 Å². The highest BCUT2D eigenvalue weighted by Gasteiger charge is 2.31. The van der Waals surface area contributed by atoms with Crippen molar-refractivity contribution in [1.82, 2.24) is 0 Å². The standard InChI is InChI=1S/C13H17BO2S/c1-3-11(9-13-5-2-8-17-13)12(4-1)10-14-15-6-7-16-14/h2,5,8-9,12H,1,3-4,6-7,10H2/b11-9-. The molecule has 1 aliphatic carbocycles. The Balaban J connectivity index is 1.67. The summed E-state index contributed by atoms with van der Waals surface area (Å²) in [5.74, 6) is 0.667. The van der Waals surface area contributed by atoms with Crippen LogP contribution in [-0.4, -0.2) is 20.3 Å². The summed E-state index contributed by atoms with van der Waals surface area (Å²) in [5, 5.41) is 2.14. The van der Waals surface area contributed by atoms with Gasteiger partial charge in [-0.2, -0.15) is 0 Å². The molecule has 0 aromatic carbocycles. The maximum absolute atomic E-state index is 5.55. The van der Waals surface area contributed by atoms with Crippen LogP contribution in [0.4, 0.5) is 0 Å². The Kier molecular flexibility index (Phi) is 3.64. The summed E-state index contributed by atoms with van der Waals surface area (Å²) >= 11 is 1.82. The van der Waals surface area contributed by atoms with Crippen molar-refractivity contribution in [1.29, 1.82) is 0 Å². The number of hydrogen-bond donors (Lipinski definition) is 0. The van der Waals surface area contributed by atoms with E-state index in [1.165, 1.54) is 24.1 Å². The summed E-state index contributed by atoms with van der Waals surface area (Å²) < 4.78 is 11.1. The van der Waals surface area contributed by atoms with E-state index in [9.17, 15) is 0 Å². The first-order valence-electron chi connectivity index (χ1n) is 6.39. The predicted molar refractivity (Wildman–Crippen MR) is 72.1 cm³/mol. The predicted octanol–water partition coefficient (Wildman–Crippen LogP) is 3.47. The molecule has 0 spiro atoms. The molecule has 2 nitrogen and oxygen atoms in total. The molecule has 1 saturated heterocycles.